The predicted molar refractivity (Wildman–Crippen MR) is 182 cm³/mol. The minimum absolute atomic E-state index is 0.0162. The molecule has 0 amide bonds. The number of hydrogen-bond donors (Lipinski definition) is 1. The summed E-state index contributed by atoms with van der Waals surface area (Å²) in [7, 11) is 0.712. The Labute approximate surface area is 275 Å². The summed E-state index contributed by atoms with van der Waals surface area (Å²) in [6.07, 6.45) is 3.48. The van der Waals surface area contributed by atoms with Crippen molar-refractivity contribution in [3.05, 3.63) is 35.8 Å². The van der Waals surface area contributed by atoms with Gasteiger partial charge < -0.3 is 9.64 Å². The van der Waals surface area contributed by atoms with Crippen LogP contribution in [0.3, 0.4) is 0 Å². The van der Waals surface area contributed by atoms with Gasteiger partial charge in [0.1, 0.15) is 17.8 Å². The van der Waals surface area contributed by atoms with Gasteiger partial charge in [-0.25, -0.2) is 27.8 Å². The number of aromatic nitrogens is 6. The highest BCUT2D eigenvalue weighted by Gasteiger charge is 2.51. The molecular formula is C32H46N8O4S2. The minimum Gasteiger partial charge on any atom is -0.376 e. The number of nitrogens with zero attached hydrogens (tertiary/aromatic N) is 7. The van der Waals surface area contributed by atoms with Gasteiger partial charge in [0.15, 0.2) is 22.5 Å². The Kier molecular flexibility index (Phi) is 8.67. The van der Waals surface area contributed by atoms with E-state index in [1.807, 2.05) is 89.3 Å². The molecule has 4 atom stereocenters. The van der Waals surface area contributed by atoms with Gasteiger partial charge in [0, 0.05) is 30.9 Å². The number of fused-ring (bicyclic) bond motifs is 2. The Bertz CT molecular complexity index is 1810. The summed E-state index contributed by atoms with van der Waals surface area (Å²) in [4.78, 5) is 12.5. The van der Waals surface area contributed by atoms with Crippen LogP contribution in [0.5, 0.6) is 0 Å². The summed E-state index contributed by atoms with van der Waals surface area (Å²) in [5, 5.41) is 10.3. The van der Waals surface area contributed by atoms with Gasteiger partial charge in [-0.3, -0.25) is 8.86 Å². The Morgan fingerprint density at radius 2 is 1.80 bits per heavy atom. The van der Waals surface area contributed by atoms with Crippen LogP contribution in [-0.4, -0.2) is 79.3 Å². The monoisotopic (exact) mass is 670 g/mol. The summed E-state index contributed by atoms with van der Waals surface area (Å²) in [6, 6.07) is 6.05. The average molecular weight is 671 g/mol. The normalized spacial score (nSPS) is 21.9. The molecule has 0 aliphatic carbocycles. The molecule has 2 saturated heterocycles. The van der Waals surface area contributed by atoms with Gasteiger partial charge in [0.05, 0.1) is 62.3 Å². The lowest BCUT2D eigenvalue weighted by molar-refractivity contribution is 0.0973. The molecular weight excluding hydrogens is 625 g/mol. The van der Waals surface area contributed by atoms with Crippen LogP contribution >= 0.6 is 0 Å². The number of piperidine rings is 1. The number of rotatable bonds is 7. The molecule has 2 aliphatic heterocycles. The maximum Gasteiger partial charge on any atom is 0.182 e. The second-order valence-corrected chi connectivity index (χ2v) is 18.6. The molecule has 6 rings (SSSR count). The summed E-state index contributed by atoms with van der Waals surface area (Å²) in [6.45, 7) is 17.7. The molecule has 4 aromatic rings. The standard InChI is InChI=1S/C32H46N8O4S2/c1-20-26-29(40(36-20)23-11-10-22-17-33-38(9)25(22)16-23)34-24(18-44-46(42)31(6,7)8)28(35-26)39-14-12-32(13-15-39)19-43-21(2)27(32)37-45(41)30(3,4)5/h10-11,16-17,21,27,37H,12-15,18-19H2,1-9H3/t21-,27+,45?,46?/m0/s1. The molecule has 0 bridgehead atoms. The van der Waals surface area contributed by atoms with E-state index < -0.39 is 26.8 Å². The summed E-state index contributed by atoms with van der Waals surface area (Å²) < 4.78 is 44.3. The summed E-state index contributed by atoms with van der Waals surface area (Å²) in [5.74, 6) is 0.715. The highest BCUT2D eigenvalue weighted by Crippen LogP contribution is 2.44. The van der Waals surface area contributed by atoms with Crippen LogP contribution in [0, 0.1) is 12.3 Å². The van der Waals surface area contributed by atoms with Crippen LogP contribution < -0.4 is 9.62 Å². The van der Waals surface area contributed by atoms with Crippen molar-refractivity contribution >= 4 is 50.0 Å². The van der Waals surface area contributed by atoms with E-state index in [1.54, 1.807) is 0 Å². The maximum atomic E-state index is 13.1. The van der Waals surface area contributed by atoms with E-state index in [-0.39, 0.29) is 28.9 Å². The Hall–Kier alpha value is -2.78. The lowest BCUT2D eigenvalue weighted by atomic mass is 9.73. The van der Waals surface area contributed by atoms with Crippen molar-refractivity contribution in [1.82, 2.24) is 34.3 Å². The van der Waals surface area contributed by atoms with E-state index in [2.05, 4.69) is 21.6 Å². The molecule has 1 spiro atoms. The molecule has 1 aromatic carbocycles. The Balaban J connectivity index is 1.35. The van der Waals surface area contributed by atoms with Gasteiger partial charge in [0.25, 0.3) is 0 Å². The number of anilines is 1. The van der Waals surface area contributed by atoms with E-state index in [4.69, 9.17) is 24.0 Å². The van der Waals surface area contributed by atoms with Gasteiger partial charge in [-0.05, 0) is 86.4 Å². The fourth-order valence-corrected chi connectivity index (χ4v) is 7.88. The van der Waals surface area contributed by atoms with Crippen molar-refractivity contribution in [1.29, 1.82) is 0 Å². The molecule has 2 fully saturated rings. The van der Waals surface area contributed by atoms with E-state index in [0.717, 1.165) is 48.2 Å². The number of hydrogen-bond acceptors (Lipinski definition) is 9. The quantitative estimate of drug-likeness (QED) is 0.304. The van der Waals surface area contributed by atoms with Crippen LogP contribution in [0.4, 0.5) is 5.82 Å². The van der Waals surface area contributed by atoms with E-state index in [9.17, 15) is 8.42 Å². The van der Waals surface area contributed by atoms with Crippen molar-refractivity contribution in [2.45, 2.75) is 96.5 Å². The number of aryl methyl sites for hydroxylation is 2. The van der Waals surface area contributed by atoms with Crippen LogP contribution in [0.15, 0.2) is 24.4 Å². The van der Waals surface area contributed by atoms with Crippen LogP contribution in [-0.2, 0) is 44.6 Å². The zero-order valence-electron chi connectivity index (χ0n) is 28.3. The second-order valence-electron chi connectivity index (χ2n) is 14.6. The predicted octanol–water partition coefficient (Wildman–Crippen LogP) is 4.42. The average Bonchev–Trinajstić information content (AvgIpc) is 3.63. The molecule has 1 N–H and O–H groups in total. The molecule has 2 unspecified atom stereocenters. The van der Waals surface area contributed by atoms with Crippen molar-refractivity contribution < 1.29 is 17.3 Å². The van der Waals surface area contributed by atoms with Crippen molar-refractivity contribution in [3.63, 3.8) is 0 Å². The molecule has 46 heavy (non-hydrogen) atoms. The second kappa shape index (κ2) is 12.0. The molecule has 0 radical (unpaired) electrons. The summed E-state index contributed by atoms with van der Waals surface area (Å²) >= 11 is -1.54. The lowest BCUT2D eigenvalue weighted by Crippen LogP contribution is -2.55. The SMILES string of the molecule is Cc1nn(-c2ccc3cnn(C)c3c2)c2nc(COS(=O)C(C)(C)C)c(N3CCC4(CC3)CO[C@@H](C)[C@H]4NS(=O)C(C)(C)C)nc12. The molecule has 12 nitrogen and oxygen atoms in total. The largest absolute Gasteiger partial charge is 0.376 e. The number of nitrogens with one attached hydrogen (secondary N) is 1. The third-order valence-electron chi connectivity index (χ3n) is 9.11. The third-order valence-corrected chi connectivity index (χ3v) is 12.0. The first-order valence-electron chi connectivity index (χ1n) is 15.9. The minimum atomic E-state index is -1.54. The van der Waals surface area contributed by atoms with Crippen LogP contribution in [0.2, 0.25) is 0 Å². The van der Waals surface area contributed by atoms with Crippen molar-refractivity contribution in [3.8, 4) is 5.69 Å². The molecule has 5 heterocycles. The Morgan fingerprint density at radius 1 is 1.09 bits per heavy atom. The van der Waals surface area contributed by atoms with Crippen LogP contribution in [0.25, 0.3) is 27.8 Å². The lowest BCUT2D eigenvalue weighted by Gasteiger charge is -2.43. The first kappa shape index (κ1) is 33.1. The van der Waals surface area contributed by atoms with Gasteiger partial charge in [0.2, 0.25) is 0 Å². The highest BCUT2D eigenvalue weighted by molar-refractivity contribution is 7.84. The zero-order valence-corrected chi connectivity index (χ0v) is 29.9. The number of ether oxygens (including phenoxy) is 1. The fraction of sp³-hybridized carbons (Fsp3) is 0.625. The highest BCUT2D eigenvalue weighted by atomic mass is 32.2. The molecule has 3 aromatic heterocycles. The van der Waals surface area contributed by atoms with Crippen molar-refractivity contribution in [2.75, 3.05) is 24.6 Å². The smallest absolute Gasteiger partial charge is 0.182 e. The molecule has 0 saturated carbocycles. The van der Waals surface area contributed by atoms with Gasteiger partial charge in [-0.1, -0.05) is 0 Å². The zero-order chi connectivity index (χ0) is 33.2. The number of benzene rings is 1. The van der Waals surface area contributed by atoms with Crippen LogP contribution in [0.1, 0.15) is 72.7 Å². The third kappa shape index (κ3) is 6.14. The molecule has 14 heteroatoms. The van der Waals surface area contributed by atoms with Gasteiger partial charge in [-0.15, -0.1) is 0 Å². The first-order chi connectivity index (χ1) is 21.6. The molecule has 2 aliphatic rings. The topological polar surface area (TPSA) is 129 Å². The Morgan fingerprint density at radius 3 is 2.48 bits per heavy atom. The first-order valence-corrected chi connectivity index (χ1v) is 18.1. The van der Waals surface area contributed by atoms with Crippen molar-refractivity contribution in [2.24, 2.45) is 12.5 Å². The van der Waals surface area contributed by atoms with Gasteiger partial charge in [-0.2, -0.15) is 10.2 Å². The van der Waals surface area contributed by atoms with E-state index in [1.165, 1.54) is 0 Å². The van der Waals surface area contributed by atoms with E-state index >= 15 is 0 Å². The summed E-state index contributed by atoms with van der Waals surface area (Å²) in [5.41, 5.74) is 4.40. The maximum absolute atomic E-state index is 13.1. The van der Waals surface area contributed by atoms with E-state index in [0.29, 0.717) is 29.3 Å². The fourth-order valence-electron chi connectivity index (χ4n) is 6.28. The van der Waals surface area contributed by atoms with Gasteiger partial charge >= 0.3 is 0 Å². The molecule has 250 valence electrons.